The number of hydrogen-bond donors (Lipinski definition) is 1. The highest BCUT2D eigenvalue weighted by Crippen LogP contribution is 2.23. The zero-order chi connectivity index (χ0) is 13.8. The summed E-state index contributed by atoms with van der Waals surface area (Å²) >= 11 is 0. The molecule has 0 saturated carbocycles. The smallest absolute Gasteiger partial charge is 0.165 e. The first kappa shape index (κ1) is 14.5. The maximum Gasteiger partial charge on any atom is 0.165 e. The SMILES string of the molecule is C[C@@H](N)c1ccc(OCCC(C)(C)C#N)c(F)c1. The molecule has 0 spiro atoms. The van der Waals surface area contributed by atoms with Gasteiger partial charge in [0.15, 0.2) is 11.6 Å². The van der Waals surface area contributed by atoms with Gasteiger partial charge in [-0.3, -0.25) is 0 Å². The zero-order valence-corrected chi connectivity index (χ0v) is 11.0. The molecule has 0 fully saturated rings. The average Bonchev–Trinajstić information content (AvgIpc) is 2.31. The maximum absolute atomic E-state index is 13.7. The Bertz CT molecular complexity index is 450. The number of nitrogens with zero attached hydrogens (tertiary/aromatic N) is 1. The van der Waals surface area contributed by atoms with Crippen LogP contribution in [0.5, 0.6) is 5.75 Å². The van der Waals surface area contributed by atoms with Crippen molar-refractivity contribution in [1.29, 1.82) is 5.26 Å². The van der Waals surface area contributed by atoms with Crippen LogP contribution in [0.4, 0.5) is 4.39 Å². The molecule has 0 radical (unpaired) electrons. The van der Waals surface area contributed by atoms with E-state index < -0.39 is 11.2 Å². The van der Waals surface area contributed by atoms with Crippen LogP contribution in [0.1, 0.15) is 38.8 Å². The molecule has 1 rings (SSSR count). The molecule has 1 atom stereocenters. The van der Waals surface area contributed by atoms with Crippen molar-refractivity contribution in [2.24, 2.45) is 11.1 Å². The number of hydrogen-bond acceptors (Lipinski definition) is 3. The van der Waals surface area contributed by atoms with Crippen molar-refractivity contribution in [3.8, 4) is 11.8 Å². The van der Waals surface area contributed by atoms with Crippen molar-refractivity contribution in [2.75, 3.05) is 6.61 Å². The lowest BCUT2D eigenvalue weighted by Crippen LogP contribution is -2.13. The molecule has 98 valence electrons. The Morgan fingerprint density at radius 2 is 2.17 bits per heavy atom. The second kappa shape index (κ2) is 5.83. The van der Waals surface area contributed by atoms with Crippen molar-refractivity contribution in [2.45, 2.75) is 33.2 Å². The molecule has 3 nitrogen and oxygen atoms in total. The summed E-state index contributed by atoms with van der Waals surface area (Å²) in [5.41, 5.74) is 5.94. The Hall–Kier alpha value is -1.60. The second-order valence-electron chi connectivity index (χ2n) is 5.07. The van der Waals surface area contributed by atoms with E-state index in [2.05, 4.69) is 6.07 Å². The molecule has 1 aromatic carbocycles. The third kappa shape index (κ3) is 4.01. The fraction of sp³-hybridized carbons (Fsp3) is 0.500. The molecule has 0 saturated heterocycles. The highest BCUT2D eigenvalue weighted by atomic mass is 19.1. The van der Waals surface area contributed by atoms with Gasteiger partial charge >= 0.3 is 0 Å². The van der Waals surface area contributed by atoms with Gasteiger partial charge in [-0.1, -0.05) is 6.07 Å². The van der Waals surface area contributed by atoms with Gasteiger partial charge in [-0.2, -0.15) is 5.26 Å². The molecule has 0 aliphatic carbocycles. The van der Waals surface area contributed by atoms with Gasteiger partial charge in [0, 0.05) is 6.04 Å². The topological polar surface area (TPSA) is 59.0 Å². The number of nitrogens with two attached hydrogens (primary N) is 1. The third-order valence-corrected chi connectivity index (χ3v) is 2.77. The van der Waals surface area contributed by atoms with Crippen LogP contribution in [-0.4, -0.2) is 6.61 Å². The number of halogens is 1. The quantitative estimate of drug-likeness (QED) is 0.873. The molecule has 0 unspecified atom stereocenters. The molecule has 18 heavy (non-hydrogen) atoms. The molecule has 0 aliphatic rings. The van der Waals surface area contributed by atoms with Gasteiger partial charge in [0.1, 0.15) is 0 Å². The summed E-state index contributed by atoms with van der Waals surface area (Å²) in [6.45, 7) is 5.76. The summed E-state index contributed by atoms with van der Waals surface area (Å²) in [6, 6.07) is 6.68. The van der Waals surface area contributed by atoms with Crippen LogP contribution in [0.2, 0.25) is 0 Å². The second-order valence-corrected chi connectivity index (χ2v) is 5.07. The summed E-state index contributed by atoms with van der Waals surface area (Å²) in [7, 11) is 0. The summed E-state index contributed by atoms with van der Waals surface area (Å²) in [5, 5.41) is 8.85. The largest absolute Gasteiger partial charge is 0.490 e. The van der Waals surface area contributed by atoms with Crippen LogP contribution in [0.3, 0.4) is 0 Å². The first-order valence-corrected chi connectivity index (χ1v) is 5.95. The van der Waals surface area contributed by atoms with Crippen molar-refractivity contribution in [1.82, 2.24) is 0 Å². The van der Waals surface area contributed by atoms with E-state index in [4.69, 9.17) is 15.7 Å². The van der Waals surface area contributed by atoms with E-state index in [-0.39, 0.29) is 11.8 Å². The van der Waals surface area contributed by atoms with E-state index in [0.717, 1.165) is 5.56 Å². The van der Waals surface area contributed by atoms with E-state index in [1.165, 1.54) is 6.07 Å². The Balaban J connectivity index is 2.62. The minimum Gasteiger partial charge on any atom is -0.490 e. The molecule has 0 heterocycles. The zero-order valence-electron chi connectivity index (χ0n) is 11.0. The minimum atomic E-state index is -0.456. The van der Waals surface area contributed by atoms with Crippen molar-refractivity contribution < 1.29 is 9.13 Å². The predicted molar refractivity (Wildman–Crippen MR) is 68.5 cm³/mol. The van der Waals surface area contributed by atoms with Crippen LogP contribution < -0.4 is 10.5 Å². The van der Waals surface area contributed by atoms with Crippen LogP contribution in [0.25, 0.3) is 0 Å². The van der Waals surface area contributed by atoms with Crippen LogP contribution in [0, 0.1) is 22.6 Å². The highest BCUT2D eigenvalue weighted by Gasteiger charge is 2.17. The van der Waals surface area contributed by atoms with Gasteiger partial charge in [-0.05, 0) is 44.9 Å². The van der Waals surface area contributed by atoms with E-state index in [1.54, 1.807) is 19.1 Å². The molecule has 0 bridgehead atoms. The first-order valence-electron chi connectivity index (χ1n) is 5.95. The van der Waals surface area contributed by atoms with Crippen LogP contribution in [-0.2, 0) is 0 Å². The third-order valence-electron chi connectivity index (χ3n) is 2.77. The first-order chi connectivity index (χ1) is 8.35. The normalized spacial score (nSPS) is 12.9. The summed E-state index contributed by atoms with van der Waals surface area (Å²) in [6.07, 6.45) is 0.554. The summed E-state index contributed by atoms with van der Waals surface area (Å²) in [4.78, 5) is 0. The fourth-order valence-electron chi connectivity index (χ4n) is 1.39. The lowest BCUT2D eigenvalue weighted by molar-refractivity contribution is 0.254. The standard InChI is InChI=1S/C14H19FN2O/c1-10(17)11-4-5-13(12(15)8-11)18-7-6-14(2,3)9-16/h4-5,8,10H,6-7,17H2,1-3H3/t10-/m1/s1. The number of rotatable bonds is 5. The molecule has 0 aromatic heterocycles. The van der Waals surface area contributed by atoms with Gasteiger partial charge in [0.2, 0.25) is 0 Å². The van der Waals surface area contributed by atoms with E-state index in [0.29, 0.717) is 13.0 Å². The van der Waals surface area contributed by atoms with Crippen LogP contribution in [0.15, 0.2) is 18.2 Å². The minimum absolute atomic E-state index is 0.202. The number of benzene rings is 1. The van der Waals surface area contributed by atoms with E-state index >= 15 is 0 Å². The molecule has 0 aliphatic heterocycles. The monoisotopic (exact) mass is 250 g/mol. The summed E-state index contributed by atoms with van der Waals surface area (Å²) < 4.78 is 19.0. The molecule has 1 aromatic rings. The Morgan fingerprint density at radius 1 is 1.50 bits per heavy atom. The molecule has 2 N–H and O–H groups in total. The lowest BCUT2D eigenvalue weighted by atomic mass is 9.92. The molecule has 0 amide bonds. The van der Waals surface area contributed by atoms with Gasteiger partial charge in [-0.15, -0.1) is 0 Å². The van der Waals surface area contributed by atoms with Gasteiger partial charge in [0.25, 0.3) is 0 Å². The Labute approximate surface area is 107 Å². The molecular weight excluding hydrogens is 231 g/mol. The highest BCUT2D eigenvalue weighted by molar-refractivity contribution is 5.30. The van der Waals surface area contributed by atoms with Crippen molar-refractivity contribution in [3.63, 3.8) is 0 Å². The predicted octanol–water partition coefficient (Wildman–Crippen LogP) is 3.16. The van der Waals surface area contributed by atoms with Crippen molar-refractivity contribution in [3.05, 3.63) is 29.6 Å². The molecular formula is C14H19FN2O. The fourth-order valence-corrected chi connectivity index (χ4v) is 1.39. The maximum atomic E-state index is 13.7. The average molecular weight is 250 g/mol. The van der Waals surface area contributed by atoms with Gasteiger partial charge < -0.3 is 10.5 Å². The van der Waals surface area contributed by atoms with Crippen molar-refractivity contribution >= 4 is 0 Å². The Kier molecular flexibility index (Phi) is 4.69. The Morgan fingerprint density at radius 3 is 2.67 bits per heavy atom. The van der Waals surface area contributed by atoms with E-state index in [9.17, 15) is 4.39 Å². The van der Waals surface area contributed by atoms with Crippen LogP contribution >= 0.6 is 0 Å². The number of ether oxygens (including phenoxy) is 1. The van der Waals surface area contributed by atoms with Gasteiger partial charge in [0.05, 0.1) is 18.1 Å². The lowest BCUT2D eigenvalue weighted by Gasteiger charge is -2.16. The molecule has 4 heteroatoms. The number of nitriles is 1. The summed E-state index contributed by atoms with van der Waals surface area (Å²) in [5.74, 6) is -0.215. The van der Waals surface area contributed by atoms with E-state index in [1.807, 2.05) is 13.8 Å². The van der Waals surface area contributed by atoms with Gasteiger partial charge in [-0.25, -0.2) is 4.39 Å².